The molecule has 2 aromatic heterocycles. The van der Waals surface area contributed by atoms with Crippen LogP contribution >= 0.6 is 11.3 Å². The van der Waals surface area contributed by atoms with Crippen molar-refractivity contribution in [2.24, 2.45) is 5.92 Å². The van der Waals surface area contributed by atoms with Crippen molar-refractivity contribution >= 4 is 39.0 Å². The number of aliphatic hydroxyl groups is 1. The molecule has 0 amide bonds. The maximum absolute atomic E-state index is 10.2. The number of benzene rings is 3. The number of nitrogens with zero attached hydrogens (tertiary/aromatic N) is 3. The van der Waals surface area contributed by atoms with E-state index < -0.39 is 5.79 Å². The molecule has 44 heavy (non-hydrogen) atoms. The summed E-state index contributed by atoms with van der Waals surface area (Å²) in [5.74, 6) is 1.02. The van der Waals surface area contributed by atoms with Crippen LogP contribution in [0.4, 0.5) is 17.5 Å². The fourth-order valence-corrected chi connectivity index (χ4v) is 7.17. The number of fused-ring (bicyclic) bond motifs is 2. The molecule has 1 saturated heterocycles. The second-order valence-electron chi connectivity index (χ2n) is 11.7. The third-order valence-corrected chi connectivity index (χ3v) is 9.16. The van der Waals surface area contributed by atoms with Crippen molar-refractivity contribution in [1.29, 1.82) is 0 Å². The number of aromatic nitrogens is 3. The average Bonchev–Trinajstić information content (AvgIpc) is 3.67. The number of hydrogen-bond acceptors (Lipinski definition) is 10. The second kappa shape index (κ2) is 11.8. The molecule has 2 fully saturated rings. The minimum Gasteiger partial charge on any atom is -0.487 e. The van der Waals surface area contributed by atoms with Crippen LogP contribution in [-0.4, -0.2) is 50.7 Å². The lowest BCUT2D eigenvalue weighted by Gasteiger charge is -2.25. The molecule has 0 spiro atoms. The first-order valence-corrected chi connectivity index (χ1v) is 15.7. The Balaban J connectivity index is 1.24. The van der Waals surface area contributed by atoms with Gasteiger partial charge in [0.1, 0.15) is 29.3 Å². The summed E-state index contributed by atoms with van der Waals surface area (Å²) in [5, 5.41) is 18.1. The molecule has 3 aromatic carbocycles. The molecule has 10 heteroatoms. The number of para-hydroxylation sites is 3. The molecule has 0 bridgehead atoms. The van der Waals surface area contributed by atoms with Gasteiger partial charge >= 0.3 is 0 Å². The van der Waals surface area contributed by atoms with Crippen LogP contribution < -0.4 is 15.4 Å². The fourth-order valence-electron chi connectivity index (χ4n) is 6.10. The first-order valence-electron chi connectivity index (χ1n) is 14.9. The van der Waals surface area contributed by atoms with Crippen molar-refractivity contribution in [1.82, 2.24) is 15.0 Å². The Bertz CT molecular complexity index is 1750. The zero-order chi connectivity index (χ0) is 30.3. The van der Waals surface area contributed by atoms with Gasteiger partial charge in [0.15, 0.2) is 5.79 Å². The summed E-state index contributed by atoms with van der Waals surface area (Å²) in [4.78, 5) is 14.8. The van der Waals surface area contributed by atoms with E-state index in [0.717, 1.165) is 37.7 Å². The van der Waals surface area contributed by atoms with E-state index in [0.29, 0.717) is 30.5 Å². The third-order valence-electron chi connectivity index (χ3n) is 8.11. The summed E-state index contributed by atoms with van der Waals surface area (Å²) in [6.07, 6.45) is 0.250. The van der Waals surface area contributed by atoms with Crippen molar-refractivity contribution in [2.45, 2.75) is 57.8 Å². The van der Waals surface area contributed by atoms with Crippen LogP contribution in [0.2, 0.25) is 0 Å². The van der Waals surface area contributed by atoms with Crippen LogP contribution in [0.3, 0.4) is 0 Å². The molecular weight excluding hydrogens is 574 g/mol. The van der Waals surface area contributed by atoms with Crippen molar-refractivity contribution in [2.75, 3.05) is 17.2 Å². The summed E-state index contributed by atoms with van der Waals surface area (Å²) in [7, 11) is 0. The highest BCUT2D eigenvalue weighted by atomic mass is 32.1. The van der Waals surface area contributed by atoms with E-state index in [2.05, 4.69) is 16.7 Å². The summed E-state index contributed by atoms with van der Waals surface area (Å²) >= 11 is 1.61. The monoisotopic (exact) mass is 609 g/mol. The molecule has 1 aliphatic heterocycles. The topological polar surface area (TPSA) is 111 Å². The lowest BCUT2D eigenvalue weighted by Crippen LogP contribution is -2.35. The molecule has 5 aromatic rings. The Hall–Kier alpha value is -4.09. The Morgan fingerprint density at radius 2 is 1.68 bits per heavy atom. The van der Waals surface area contributed by atoms with Gasteiger partial charge in [-0.2, -0.15) is 4.98 Å². The van der Waals surface area contributed by atoms with Crippen LogP contribution in [0.15, 0.2) is 78.9 Å². The molecule has 226 valence electrons. The van der Waals surface area contributed by atoms with Gasteiger partial charge in [-0.25, -0.2) is 9.97 Å². The number of nitrogens with one attached hydrogen (secondary N) is 2. The molecule has 0 unspecified atom stereocenters. The first kappa shape index (κ1) is 28.7. The minimum absolute atomic E-state index is 0.0267. The van der Waals surface area contributed by atoms with Gasteiger partial charge < -0.3 is 30.0 Å². The Morgan fingerprint density at radius 3 is 2.50 bits per heavy atom. The Kier molecular flexibility index (Phi) is 7.67. The van der Waals surface area contributed by atoms with E-state index in [4.69, 9.17) is 29.2 Å². The van der Waals surface area contributed by atoms with Gasteiger partial charge in [-0.3, -0.25) is 0 Å². The van der Waals surface area contributed by atoms with E-state index in [-0.39, 0.29) is 30.8 Å². The predicted molar refractivity (Wildman–Crippen MR) is 172 cm³/mol. The lowest BCUT2D eigenvalue weighted by molar-refractivity contribution is -0.158. The number of hydrogen-bond donors (Lipinski definition) is 3. The summed E-state index contributed by atoms with van der Waals surface area (Å²) in [6, 6.07) is 25.8. The number of rotatable bonds is 9. The summed E-state index contributed by atoms with van der Waals surface area (Å²) in [5.41, 5.74) is 4.40. The molecule has 9 nitrogen and oxygen atoms in total. The molecule has 3 heterocycles. The second-order valence-corrected chi connectivity index (χ2v) is 12.8. The Morgan fingerprint density at radius 1 is 0.932 bits per heavy atom. The van der Waals surface area contributed by atoms with Crippen LogP contribution in [0.1, 0.15) is 31.5 Å². The van der Waals surface area contributed by atoms with Gasteiger partial charge in [0.25, 0.3) is 0 Å². The highest BCUT2D eigenvalue weighted by Crippen LogP contribution is 2.44. The standard InChI is InChI=1S/C34H35N5O4S/c1-20-28(32-37-24-14-8-10-16-27(24)44-32)31(36-25-17-22(18-40)29-30(25)43-34(2,3)42-29)39-33(35-20)38-23-13-7-9-15-26(23)41-19-21-11-5-4-6-12-21/h4-16,22,25,29-30,40H,17-19H2,1-3H3,(H2,35,36,38,39)/t22-,25-,29-,30+/m1/s1. The van der Waals surface area contributed by atoms with Gasteiger partial charge in [0.2, 0.25) is 5.95 Å². The number of ether oxygens (including phenoxy) is 3. The average molecular weight is 610 g/mol. The van der Waals surface area contributed by atoms with Gasteiger partial charge in [0.05, 0.1) is 39.3 Å². The van der Waals surface area contributed by atoms with Crippen molar-refractivity contribution in [3.05, 3.63) is 90.1 Å². The normalized spacial score (nSPS) is 22.2. The van der Waals surface area contributed by atoms with Crippen molar-refractivity contribution in [3.63, 3.8) is 0 Å². The van der Waals surface area contributed by atoms with Crippen LogP contribution in [-0.2, 0) is 16.1 Å². The third kappa shape index (κ3) is 5.73. The largest absolute Gasteiger partial charge is 0.487 e. The number of aryl methyl sites for hydroxylation is 1. The first-order chi connectivity index (χ1) is 21.4. The Labute approximate surface area is 260 Å². The van der Waals surface area contributed by atoms with Crippen LogP contribution in [0.5, 0.6) is 5.75 Å². The number of aliphatic hydroxyl groups excluding tert-OH is 1. The van der Waals surface area contributed by atoms with Gasteiger partial charge in [0, 0.05) is 12.5 Å². The van der Waals surface area contributed by atoms with E-state index in [1.807, 2.05) is 93.6 Å². The number of thiazole rings is 1. The molecule has 4 atom stereocenters. The fraction of sp³-hybridized carbons (Fsp3) is 0.324. The quantitative estimate of drug-likeness (QED) is 0.168. The zero-order valence-corrected chi connectivity index (χ0v) is 25.7. The molecule has 1 saturated carbocycles. The smallest absolute Gasteiger partial charge is 0.229 e. The highest BCUT2D eigenvalue weighted by Gasteiger charge is 2.54. The summed E-state index contributed by atoms with van der Waals surface area (Å²) in [6.45, 7) is 6.27. The van der Waals surface area contributed by atoms with Gasteiger partial charge in [-0.05, 0) is 57.0 Å². The van der Waals surface area contributed by atoms with E-state index in [9.17, 15) is 5.11 Å². The van der Waals surface area contributed by atoms with E-state index in [1.165, 1.54) is 0 Å². The molecule has 1 aliphatic carbocycles. The highest BCUT2D eigenvalue weighted by molar-refractivity contribution is 7.21. The molecular formula is C34H35N5O4S. The predicted octanol–water partition coefficient (Wildman–Crippen LogP) is 6.70. The lowest BCUT2D eigenvalue weighted by atomic mass is 10.1. The van der Waals surface area contributed by atoms with Crippen molar-refractivity contribution < 1.29 is 19.3 Å². The number of anilines is 3. The molecule has 7 rings (SSSR count). The zero-order valence-electron chi connectivity index (χ0n) is 24.9. The van der Waals surface area contributed by atoms with Crippen LogP contribution in [0.25, 0.3) is 20.8 Å². The SMILES string of the molecule is Cc1nc(Nc2ccccc2OCc2ccccc2)nc(N[C@@H]2C[C@H](CO)[C@H]3OC(C)(C)O[C@H]32)c1-c1nc2ccccc2s1. The molecule has 2 aliphatic rings. The molecule has 0 radical (unpaired) electrons. The summed E-state index contributed by atoms with van der Waals surface area (Å²) < 4.78 is 19.8. The van der Waals surface area contributed by atoms with E-state index in [1.54, 1.807) is 11.3 Å². The maximum Gasteiger partial charge on any atom is 0.229 e. The van der Waals surface area contributed by atoms with Gasteiger partial charge in [-0.1, -0.05) is 54.6 Å². The maximum atomic E-state index is 10.2. The molecule has 3 N–H and O–H groups in total. The van der Waals surface area contributed by atoms with E-state index >= 15 is 0 Å². The van der Waals surface area contributed by atoms with Crippen molar-refractivity contribution in [3.8, 4) is 16.3 Å². The minimum atomic E-state index is -0.725. The van der Waals surface area contributed by atoms with Crippen LogP contribution in [0, 0.1) is 12.8 Å². The van der Waals surface area contributed by atoms with Gasteiger partial charge in [-0.15, -0.1) is 11.3 Å².